The van der Waals surface area contributed by atoms with Gasteiger partial charge in [0, 0.05) is 56.6 Å². The Bertz CT molecular complexity index is 890. The Kier molecular flexibility index (Phi) is 6.23. The van der Waals surface area contributed by atoms with E-state index < -0.39 is 10.2 Å². The number of nitrogens with one attached hydrogen (secondary N) is 2. The van der Waals surface area contributed by atoms with E-state index in [9.17, 15) is 18.0 Å². The number of urea groups is 1. The largest absolute Gasteiger partial charge is 0.379 e. The van der Waals surface area contributed by atoms with Crippen molar-refractivity contribution in [2.75, 3.05) is 57.8 Å². The van der Waals surface area contributed by atoms with E-state index in [2.05, 4.69) is 10.6 Å². The number of benzene rings is 1. The van der Waals surface area contributed by atoms with Gasteiger partial charge in [-0.15, -0.1) is 0 Å². The van der Waals surface area contributed by atoms with Crippen LogP contribution < -0.4 is 10.6 Å². The normalized spacial score (nSPS) is 21.3. The van der Waals surface area contributed by atoms with E-state index in [1.807, 2.05) is 0 Å². The Morgan fingerprint density at radius 1 is 0.967 bits per heavy atom. The molecule has 4 rings (SSSR count). The quantitative estimate of drug-likeness (QED) is 0.689. The summed E-state index contributed by atoms with van der Waals surface area (Å²) in [6, 6.07) is 6.77. The Balaban J connectivity index is 1.30. The van der Waals surface area contributed by atoms with Crippen molar-refractivity contribution >= 4 is 27.8 Å². The fraction of sp³-hybridized carbons (Fsp3) is 0.579. The second-order valence-corrected chi connectivity index (χ2v) is 9.59. The fourth-order valence-corrected chi connectivity index (χ4v) is 5.06. The summed E-state index contributed by atoms with van der Waals surface area (Å²) in [7, 11) is -3.53. The van der Waals surface area contributed by atoms with Crippen molar-refractivity contribution in [2.24, 2.45) is 0 Å². The lowest BCUT2D eigenvalue weighted by molar-refractivity contribution is 0.0691. The maximum absolute atomic E-state index is 12.7. The van der Waals surface area contributed by atoms with Crippen LogP contribution in [0.1, 0.15) is 23.2 Å². The molecule has 11 heteroatoms. The van der Waals surface area contributed by atoms with Gasteiger partial charge in [0.2, 0.25) is 0 Å². The van der Waals surface area contributed by atoms with E-state index in [-0.39, 0.29) is 31.1 Å². The van der Waals surface area contributed by atoms with E-state index in [1.54, 1.807) is 29.2 Å². The summed E-state index contributed by atoms with van der Waals surface area (Å²) in [5, 5.41) is 5.73. The lowest BCUT2D eigenvalue weighted by Crippen LogP contribution is -2.56. The van der Waals surface area contributed by atoms with Crippen LogP contribution >= 0.6 is 0 Å². The SMILES string of the molecule is O=C(NC1CC1)c1cccc(NC(=O)N2CCN(S(=O)(=O)N3CCOCC3)CC2)c1. The number of piperazine rings is 1. The number of anilines is 1. The first-order valence-electron chi connectivity index (χ1n) is 10.2. The summed E-state index contributed by atoms with van der Waals surface area (Å²) in [5.41, 5.74) is 1.04. The highest BCUT2D eigenvalue weighted by molar-refractivity contribution is 7.86. The first-order chi connectivity index (χ1) is 14.4. The number of carbonyl (C=O) groups excluding carboxylic acids is 2. The lowest BCUT2D eigenvalue weighted by Gasteiger charge is -2.37. The zero-order valence-corrected chi connectivity index (χ0v) is 17.6. The minimum absolute atomic E-state index is 0.143. The summed E-state index contributed by atoms with van der Waals surface area (Å²) in [5.74, 6) is -0.143. The molecule has 0 bridgehead atoms. The third-order valence-electron chi connectivity index (χ3n) is 5.44. The van der Waals surface area contributed by atoms with E-state index in [0.717, 1.165) is 12.8 Å². The van der Waals surface area contributed by atoms with Gasteiger partial charge in [0.05, 0.1) is 13.2 Å². The molecule has 164 valence electrons. The maximum Gasteiger partial charge on any atom is 0.321 e. The van der Waals surface area contributed by atoms with Crippen molar-refractivity contribution in [1.29, 1.82) is 0 Å². The Morgan fingerprint density at radius 2 is 1.63 bits per heavy atom. The van der Waals surface area contributed by atoms with Crippen molar-refractivity contribution in [3.63, 3.8) is 0 Å². The summed E-state index contributed by atoms with van der Waals surface area (Å²) < 4.78 is 33.5. The maximum atomic E-state index is 12.7. The average molecular weight is 438 g/mol. The number of ether oxygens (including phenoxy) is 1. The molecule has 1 saturated carbocycles. The van der Waals surface area contributed by atoms with Gasteiger partial charge in [-0.1, -0.05) is 6.07 Å². The van der Waals surface area contributed by atoms with Crippen molar-refractivity contribution in [3.05, 3.63) is 29.8 Å². The molecule has 0 spiro atoms. The van der Waals surface area contributed by atoms with Crippen LogP contribution in [-0.4, -0.2) is 92.4 Å². The second kappa shape index (κ2) is 8.88. The Hall–Kier alpha value is -2.21. The summed E-state index contributed by atoms with van der Waals surface area (Å²) >= 11 is 0. The molecule has 2 saturated heterocycles. The van der Waals surface area contributed by atoms with Gasteiger partial charge in [0.15, 0.2) is 0 Å². The van der Waals surface area contributed by atoms with Crippen LogP contribution in [0.4, 0.5) is 10.5 Å². The van der Waals surface area contributed by atoms with Crippen molar-refractivity contribution in [1.82, 2.24) is 18.8 Å². The van der Waals surface area contributed by atoms with Gasteiger partial charge in [-0.25, -0.2) is 4.79 Å². The molecule has 0 radical (unpaired) electrons. The molecule has 0 aromatic heterocycles. The zero-order chi connectivity index (χ0) is 21.1. The highest BCUT2D eigenvalue weighted by Crippen LogP contribution is 2.20. The van der Waals surface area contributed by atoms with Gasteiger partial charge < -0.3 is 20.3 Å². The van der Waals surface area contributed by atoms with E-state index >= 15 is 0 Å². The smallest absolute Gasteiger partial charge is 0.321 e. The van der Waals surface area contributed by atoms with Crippen molar-refractivity contribution in [3.8, 4) is 0 Å². The third-order valence-corrected chi connectivity index (χ3v) is 7.47. The van der Waals surface area contributed by atoms with Crippen LogP contribution in [0.5, 0.6) is 0 Å². The molecule has 0 atom stereocenters. The molecule has 1 aliphatic carbocycles. The highest BCUT2D eigenvalue weighted by Gasteiger charge is 2.34. The van der Waals surface area contributed by atoms with Gasteiger partial charge in [0.25, 0.3) is 16.1 Å². The standard InChI is InChI=1S/C19H27N5O5S/c25-18(20-16-4-5-16)15-2-1-3-17(14-15)21-19(26)22-6-8-23(9-7-22)30(27,28)24-10-12-29-13-11-24/h1-3,14,16H,4-13H2,(H,20,25)(H,21,26). The van der Waals surface area contributed by atoms with Gasteiger partial charge >= 0.3 is 6.03 Å². The molecule has 0 unspecified atom stereocenters. The van der Waals surface area contributed by atoms with Crippen LogP contribution in [0.15, 0.2) is 24.3 Å². The Labute approximate surface area is 176 Å². The van der Waals surface area contributed by atoms with Crippen LogP contribution in [0.3, 0.4) is 0 Å². The van der Waals surface area contributed by atoms with Crippen LogP contribution in [0, 0.1) is 0 Å². The van der Waals surface area contributed by atoms with Crippen molar-refractivity contribution in [2.45, 2.75) is 18.9 Å². The highest BCUT2D eigenvalue weighted by atomic mass is 32.2. The monoisotopic (exact) mass is 437 g/mol. The molecule has 1 aromatic rings. The molecule has 3 fully saturated rings. The molecule has 1 aromatic carbocycles. The molecule has 3 aliphatic rings. The predicted octanol–water partition coefficient (Wildman–Crippen LogP) is 0.305. The first-order valence-corrected chi connectivity index (χ1v) is 11.6. The lowest BCUT2D eigenvalue weighted by atomic mass is 10.2. The van der Waals surface area contributed by atoms with E-state index in [1.165, 1.54) is 8.61 Å². The number of nitrogens with zero attached hydrogens (tertiary/aromatic N) is 3. The molecular formula is C19H27N5O5S. The number of rotatable bonds is 5. The molecule has 3 amide bonds. The minimum atomic E-state index is -3.53. The number of amides is 3. The van der Waals surface area contributed by atoms with Crippen LogP contribution in [-0.2, 0) is 14.9 Å². The average Bonchev–Trinajstić information content (AvgIpc) is 3.58. The zero-order valence-electron chi connectivity index (χ0n) is 16.7. The summed E-state index contributed by atoms with van der Waals surface area (Å²) in [6.07, 6.45) is 2.02. The van der Waals surface area contributed by atoms with Crippen molar-refractivity contribution < 1.29 is 22.7 Å². The minimum Gasteiger partial charge on any atom is -0.379 e. The summed E-state index contributed by atoms with van der Waals surface area (Å²) in [4.78, 5) is 26.4. The number of hydrogen-bond donors (Lipinski definition) is 2. The summed E-state index contributed by atoms with van der Waals surface area (Å²) in [6.45, 7) is 2.61. The number of hydrogen-bond acceptors (Lipinski definition) is 5. The molecule has 2 aliphatic heterocycles. The van der Waals surface area contributed by atoms with Gasteiger partial charge in [-0.2, -0.15) is 17.0 Å². The van der Waals surface area contributed by atoms with E-state index in [4.69, 9.17) is 4.74 Å². The second-order valence-electron chi connectivity index (χ2n) is 7.66. The Morgan fingerprint density at radius 3 is 2.30 bits per heavy atom. The predicted molar refractivity (Wildman–Crippen MR) is 110 cm³/mol. The molecule has 10 nitrogen and oxygen atoms in total. The van der Waals surface area contributed by atoms with Gasteiger partial charge in [-0.3, -0.25) is 4.79 Å². The van der Waals surface area contributed by atoms with Gasteiger partial charge in [0.1, 0.15) is 0 Å². The molecule has 30 heavy (non-hydrogen) atoms. The van der Waals surface area contributed by atoms with Gasteiger partial charge in [-0.05, 0) is 31.0 Å². The fourth-order valence-electron chi connectivity index (χ4n) is 3.50. The first kappa shape index (κ1) is 21.0. The van der Waals surface area contributed by atoms with E-state index in [0.29, 0.717) is 50.6 Å². The number of carbonyl (C=O) groups is 2. The molecule has 2 N–H and O–H groups in total. The van der Waals surface area contributed by atoms with Crippen LogP contribution in [0.25, 0.3) is 0 Å². The molecular weight excluding hydrogens is 410 g/mol. The van der Waals surface area contributed by atoms with Crippen LogP contribution in [0.2, 0.25) is 0 Å². The third kappa shape index (κ3) is 4.91. The molecule has 2 heterocycles. The topological polar surface area (TPSA) is 111 Å². The number of morpholine rings is 1.